The largest absolute Gasteiger partial charge is 0.497 e. The lowest BCUT2D eigenvalue weighted by Gasteiger charge is -2.17. The molecule has 1 atom stereocenters. The van der Waals surface area contributed by atoms with Crippen LogP contribution in [0, 0.1) is 0 Å². The number of hydrogen-bond acceptors (Lipinski definition) is 4. The SMILES string of the molecule is CNC(=O)OC1CC(=O)N(c2ccc(/C=C/c3cccc(OC)c3)cc2)C1. The van der Waals surface area contributed by atoms with Gasteiger partial charge in [0.1, 0.15) is 11.9 Å². The van der Waals surface area contributed by atoms with Gasteiger partial charge in [0.05, 0.1) is 20.1 Å². The van der Waals surface area contributed by atoms with Gasteiger partial charge < -0.3 is 19.7 Å². The van der Waals surface area contributed by atoms with Gasteiger partial charge in [0.25, 0.3) is 0 Å². The molecule has 1 heterocycles. The van der Waals surface area contributed by atoms with E-state index in [1.165, 1.54) is 7.05 Å². The average Bonchev–Trinajstić information content (AvgIpc) is 3.06. The Morgan fingerprint density at radius 2 is 1.89 bits per heavy atom. The first-order chi connectivity index (χ1) is 13.1. The molecule has 0 saturated carbocycles. The van der Waals surface area contributed by atoms with Crippen LogP contribution in [0.25, 0.3) is 12.2 Å². The third kappa shape index (κ3) is 4.67. The van der Waals surface area contributed by atoms with E-state index in [2.05, 4.69) is 5.32 Å². The molecule has 2 aromatic rings. The second-order valence-electron chi connectivity index (χ2n) is 6.19. The molecule has 1 fully saturated rings. The molecule has 3 rings (SSSR count). The minimum atomic E-state index is -0.521. The van der Waals surface area contributed by atoms with Crippen LogP contribution in [0.2, 0.25) is 0 Å². The summed E-state index contributed by atoms with van der Waals surface area (Å²) >= 11 is 0. The number of hydrogen-bond donors (Lipinski definition) is 1. The zero-order valence-corrected chi connectivity index (χ0v) is 15.3. The number of rotatable bonds is 5. The molecular formula is C21H22N2O4. The van der Waals surface area contributed by atoms with Crippen molar-refractivity contribution < 1.29 is 19.1 Å². The first-order valence-electron chi connectivity index (χ1n) is 8.70. The van der Waals surface area contributed by atoms with Crippen molar-refractivity contribution >= 4 is 29.8 Å². The van der Waals surface area contributed by atoms with E-state index < -0.39 is 12.2 Å². The van der Waals surface area contributed by atoms with Crippen molar-refractivity contribution in [2.45, 2.75) is 12.5 Å². The second-order valence-corrected chi connectivity index (χ2v) is 6.19. The zero-order valence-electron chi connectivity index (χ0n) is 15.3. The summed E-state index contributed by atoms with van der Waals surface area (Å²) in [5, 5.41) is 2.40. The number of methoxy groups -OCH3 is 1. The highest BCUT2D eigenvalue weighted by atomic mass is 16.6. The highest BCUT2D eigenvalue weighted by molar-refractivity contribution is 5.96. The molecule has 140 valence electrons. The fourth-order valence-electron chi connectivity index (χ4n) is 2.92. The minimum Gasteiger partial charge on any atom is -0.497 e. The summed E-state index contributed by atoms with van der Waals surface area (Å²) in [6, 6.07) is 15.5. The smallest absolute Gasteiger partial charge is 0.407 e. The van der Waals surface area contributed by atoms with Crippen molar-refractivity contribution in [2.75, 3.05) is 25.6 Å². The van der Waals surface area contributed by atoms with Gasteiger partial charge in [-0.3, -0.25) is 4.79 Å². The number of benzene rings is 2. The third-order valence-electron chi connectivity index (χ3n) is 4.33. The molecular weight excluding hydrogens is 344 g/mol. The van der Waals surface area contributed by atoms with E-state index in [0.29, 0.717) is 6.54 Å². The molecule has 0 bridgehead atoms. The van der Waals surface area contributed by atoms with E-state index in [9.17, 15) is 9.59 Å². The Hall–Kier alpha value is -3.28. The minimum absolute atomic E-state index is 0.0522. The highest BCUT2D eigenvalue weighted by Gasteiger charge is 2.32. The standard InChI is InChI=1S/C21H22N2O4/c1-22-21(25)27-19-13-20(24)23(14-19)17-10-8-15(9-11-17)6-7-16-4-3-5-18(12-16)26-2/h3-12,19H,13-14H2,1-2H3,(H,22,25)/b7-6+. The number of carbonyl (C=O) groups is 2. The van der Waals surface area contributed by atoms with Crippen molar-refractivity contribution in [3.8, 4) is 5.75 Å². The van der Waals surface area contributed by atoms with Gasteiger partial charge in [0.2, 0.25) is 5.91 Å². The molecule has 0 radical (unpaired) electrons. The van der Waals surface area contributed by atoms with Gasteiger partial charge in [-0.05, 0) is 35.4 Å². The summed E-state index contributed by atoms with van der Waals surface area (Å²) in [5.41, 5.74) is 2.86. The van der Waals surface area contributed by atoms with Crippen molar-refractivity contribution in [2.24, 2.45) is 0 Å². The summed E-state index contributed by atoms with van der Waals surface area (Å²) < 4.78 is 10.4. The fourth-order valence-corrected chi connectivity index (χ4v) is 2.92. The molecule has 27 heavy (non-hydrogen) atoms. The van der Waals surface area contributed by atoms with Crippen LogP contribution in [0.1, 0.15) is 17.5 Å². The topological polar surface area (TPSA) is 67.9 Å². The first kappa shape index (κ1) is 18.5. The summed E-state index contributed by atoms with van der Waals surface area (Å²) in [6.07, 6.45) is 3.26. The summed E-state index contributed by atoms with van der Waals surface area (Å²) in [5.74, 6) is 0.761. The molecule has 1 aliphatic heterocycles. The monoisotopic (exact) mass is 366 g/mol. The Morgan fingerprint density at radius 3 is 2.59 bits per heavy atom. The van der Waals surface area contributed by atoms with Crippen molar-refractivity contribution in [3.05, 3.63) is 59.7 Å². The van der Waals surface area contributed by atoms with Crippen LogP contribution >= 0.6 is 0 Å². The maximum Gasteiger partial charge on any atom is 0.407 e. The average molecular weight is 366 g/mol. The van der Waals surface area contributed by atoms with Crippen molar-refractivity contribution in [1.82, 2.24) is 5.32 Å². The Bertz CT molecular complexity index is 846. The number of carbonyl (C=O) groups excluding carboxylic acids is 2. The highest BCUT2D eigenvalue weighted by Crippen LogP contribution is 2.24. The fraction of sp³-hybridized carbons (Fsp3) is 0.238. The number of nitrogens with zero attached hydrogens (tertiary/aromatic N) is 1. The maximum absolute atomic E-state index is 12.2. The summed E-state index contributed by atoms with van der Waals surface area (Å²) in [7, 11) is 3.14. The third-order valence-corrected chi connectivity index (χ3v) is 4.33. The molecule has 0 aliphatic carbocycles. The Kier molecular flexibility index (Phi) is 5.76. The normalized spacial score (nSPS) is 16.6. The van der Waals surface area contributed by atoms with Crippen LogP contribution in [-0.4, -0.2) is 38.8 Å². The second kappa shape index (κ2) is 8.40. The first-order valence-corrected chi connectivity index (χ1v) is 8.70. The molecule has 1 N–H and O–H groups in total. The number of amides is 2. The van der Waals surface area contributed by atoms with Gasteiger partial charge in [-0.15, -0.1) is 0 Å². The lowest BCUT2D eigenvalue weighted by Crippen LogP contribution is -2.29. The van der Waals surface area contributed by atoms with Crippen LogP contribution in [0.15, 0.2) is 48.5 Å². The number of ether oxygens (including phenoxy) is 2. The van der Waals surface area contributed by atoms with E-state index >= 15 is 0 Å². The Morgan fingerprint density at radius 1 is 1.15 bits per heavy atom. The molecule has 2 amide bonds. The van der Waals surface area contributed by atoms with E-state index in [4.69, 9.17) is 9.47 Å². The van der Waals surface area contributed by atoms with E-state index in [1.807, 2.05) is 60.7 Å². The molecule has 0 aromatic heterocycles. The van der Waals surface area contributed by atoms with Crippen molar-refractivity contribution in [1.29, 1.82) is 0 Å². The quantitative estimate of drug-likeness (QED) is 0.824. The molecule has 6 heteroatoms. The molecule has 1 aliphatic rings. The number of nitrogens with one attached hydrogen (secondary N) is 1. The van der Waals surface area contributed by atoms with Gasteiger partial charge in [-0.2, -0.15) is 0 Å². The number of anilines is 1. The molecule has 1 saturated heterocycles. The molecule has 2 aromatic carbocycles. The van der Waals surface area contributed by atoms with Crippen molar-refractivity contribution in [3.63, 3.8) is 0 Å². The lowest BCUT2D eigenvalue weighted by atomic mass is 10.1. The lowest BCUT2D eigenvalue weighted by molar-refractivity contribution is -0.117. The summed E-state index contributed by atoms with van der Waals surface area (Å²) in [4.78, 5) is 25.2. The molecule has 6 nitrogen and oxygen atoms in total. The predicted molar refractivity (Wildman–Crippen MR) is 105 cm³/mol. The summed E-state index contributed by atoms with van der Waals surface area (Å²) in [6.45, 7) is 0.366. The Labute approximate surface area is 158 Å². The van der Waals surface area contributed by atoms with Crippen LogP contribution in [0.3, 0.4) is 0 Å². The van der Waals surface area contributed by atoms with Crippen LogP contribution in [0.5, 0.6) is 5.75 Å². The van der Waals surface area contributed by atoms with Gasteiger partial charge in [-0.25, -0.2) is 4.79 Å². The van der Waals surface area contributed by atoms with E-state index in [0.717, 1.165) is 22.6 Å². The predicted octanol–water partition coefficient (Wildman–Crippen LogP) is 3.33. The van der Waals surface area contributed by atoms with Gasteiger partial charge in [-0.1, -0.05) is 36.4 Å². The van der Waals surface area contributed by atoms with E-state index in [1.54, 1.807) is 12.0 Å². The molecule has 0 spiro atoms. The number of alkyl carbamates (subject to hydrolysis) is 1. The van der Waals surface area contributed by atoms with Gasteiger partial charge >= 0.3 is 6.09 Å². The van der Waals surface area contributed by atoms with Crippen LogP contribution < -0.4 is 15.0 Å². The maximum atomic E-state index is 12.2. The van der Waals surface area contributed by atoms with Gasteiger partial charge in [0.15, 0.2) is 0 Å². The molecule has 1 unspecified atom stereocenters. The van der Waals surface area contributed by atoms with Gasteiger partial charge in [0, 0.05) is 12.7 Å². The van der Waals surface area contributed by atoms with Crippen LogP contribution in [-0.2, 0) is 9.53 Å². The van der Waals surface area contributed by atoms with E-state index in [-0.39, 0.29) is 12.3 Å². The zero-order chi connectivity index (χ0) is 19.2. The Balaban J connectivity index is 1.65. The van der Waals surface area contributed by atoms with Crippen LogP contribution in [0.4, 0.5) is 10.5 Å².